The van der Waals surface area contributed by atoms with E-state index in [1.807, 2.05) is 0 Å². The van der Waals surface area contributed by atoms with Crippen molar-refractivity contribution >= 4 is 17.9 Å². The number of allylic oxidation sites excluding steroid dienone is 20. The van der Waals surface area contributed by atoms with Crippen LogP contribution in [0.2, 0.25) is 0 Å². The van der Waals surface area contributed by atoms with E-state index in [0.717, 1.165) is 128 Å². The third-order valence-electron chi connectivity index (χ3n) is 14.2. The summed E-state index contributed by atoms with van der Waals surface area (Å²) in [6, 6.07) is 0. The third kappa shape index (κ3) is 64.6. The average Bonchev–Trinajstić information content (AvgIpc) is 3.46. The molecular weight excluding hydrogens is 985 g/mol. The van der Waals surface area contributed by atoms with Gasteiger partial charge in [0.15, 0.2) is 6.10 Å². The molecule has 0 heterocycles. The molecule has 0 aromatic heterocycles. The molecule has 1 atom stereocenters. The molecule has 0 spiro atoms. The molecule has 0 N–H and O–H groups in total. The fourth-order valence-electron chi connectivity index (χ4n) is 9.20. The predicted octanol–water partition coefficient (Wildman–Crippen LogP) is 23.2. The number of hydrogen-bond acceptors (Lipinski definition) is 6. The standard InChI is InChI=1S/C74H124O6/c1-4-7-10-13-16-18-20-22-24-26-28-30-31-32-33-34-35-36-37-38-39-40-41-42-43-45-46-48-50-52-54-56-58-61-64-67-73(76)79-70-71(69-78-72(75)66-63-60-15-12-9-6-3)80-74(77)68-65-62-59-57-55-53-51-49-47-44-29-27-25-23-21-19-17-14-11-8-5-2/h7,10,16,18,21-24,27-30,32-33,35-36,38-39,47,49,71H,4-6,8-9,11-15,17,19-20,25-26,31,34,37,40-46,48,50-70H2,1-3H3/b10-7-,18-16-,23-21-,24-22-,29-27-,30-28-,33-32-,36-35-,39-38-,49-47-. The predicted molar refractivity (Wildman–Crippen MR) is 348 cm³/mol. The van der Waals surface area contributed by atoms with Crippen LogP contribution in [0.15, 0.2) is 122 Å². The van der Waals surface area contributed by atoms with Crippen LogP contribution < -0.4 is 0 Å². The second kappa shape index (κ2) is 67.3. The number of hydrogen-bond donors (Lipinski definition) is 0. The van der Waals surface area contributed by atoms with Crippen LogP contribution in [0.25, 0.3) is 0 Å². The van der Waals surface area contributed by atoms with Crippen LogP contribution in [0, 0.1) is 0 Å². The maximum absolute atomic E-state index is 12.8. The number of unbranched alkanes of at least 4 members (excludes halogenated alkanes) is 29. The van der Waals surface area contributed by atoms with Gasteiger partial charge in [-0.15, -0.1) is 0 Å². The quantitative estimate of drug-likeness (QED) is 0.0261. The highest BCUT2D eigenvalue weighted by atomic mass is 16.6. The minimum atomic E-state index is -0.784. The monoisotopic (exact) mass is 1110 g/mol. The first-order valence-electron chi connectivity index (χ1n) is 33.5. The average molecular weight is 1110 g/mol. The van der Waals surface area contributed by atoms with Gasteiger partial charge in [0.05, 0.1) is 0 Å². The van der Waals surface area contributed by atoms with Crippen molar-refractivity contribution in [2.75, 3.05) is 13.2 Å². The zero-order chi connectivity index (χ0) is 57.8. The van der Waals surface area contributed by atoms with E-state index in [0.29, 0.717) is 19.3 Å². The molecule has 0 aliphatic rings. The summed E-state index contributed by atoms with van der Waals surface area (Å²) >= 11 is 0. The molecule has 0 amide bonds. The lowest BCUT2D eigenvalue weighted by molar-refractivity contribution is -0.167. The molecule has 0 fully saturated rings. The molecule has 6 nitrogen and oxygen atoms in total. The Morgan fingerprint density at radius 3 is 0.762 bits per heavy atom. The Morgan fingerprint density at radius 1 is 0.263 bits per heavy atom. The lowest BCUT2D eigenvalue weighted by Gasteiger charge is -2.18. The summed E-state index contributed by atoms with van der Waals surface area (Å²) in [5, 5.41) is 0. The van der Waals surface area contributed by atoms with Gasteiger partial charge in [0, 0.05) is 19.3 Å². The van der Waals surface area contributed by atoms with Crippen molar-refractivity contribution in [3.63, 3.8) is 0 Å². The minimum absolute atomic E-state index is 0.0831. The zero-order valence-electron chi connectivity index (χ0n) is 52.3. The smallest absolute Gasteiger partial charge is 0.306 e. The van der Waals surface area contributed by atoms with E-state index in [9.17, 15) is 14.4 Å². The van der Waals surface area contributed by atoms with Gasteiger partial charge in [-0.1, -0.05) is 296 Å². The van der Waals surface area contributed by atoms with Crippen LogP contribution in [0.4, 0.5) is 0 Å². The Morgan fingerprint density at radius 2 is 0.487 bits per heavy atom. The molecule has 0 saturated heterocycles. The van der Waals surface area contributed by atoms with Crippen LogP contribution in [0.3, 0.4) is 0 Å². The van der Waals surface area contributed by atoms with Gasteiger partial charge in [0.25, 0.3) is 0 Å². The summed E-state index contributed by atoms with van der Waals surface area (Å²) in [5.74, 6) is -0.901. The minimum Gasteiger partial charge on any atom is -0.462 e. The fourth-order valence-corrected chi connectivity index (χ4v) is 9.20. The van der Waals surface area contributed by atoms with Gasteiger partial charge < -0.3 is 14.2 Å². The van der Waals surface area contributed by atoms with Crippen LogP contribution >= 0.6 is 0 Å². The SMILES string of the molecule is CC/C=C\C/C=C\C/C=C\C/C=C\C/C=C\C/C=C\C/C=C\CCCCCCCCCCCCCCCC(=O)OCC(COC(=O)CCCCCCCC)OC(=O)CCCCCCCC/C=C\C/C=C\C/C=C\CCCCCCC. The van der Waals surface area contributed by atoms with E-state index >= 15 is 0 Å². The molecule has 6 heteroatoms. The maximum Gasteiger partial charge on any atom is 0.306 e. The van der Waals surface area contributed by atoms with Crippen molar-refractivity contribution in [1.29, 1.82) is 0 Å². The second-order valence-electron chi connectivity index (χ2n) is 22.0. The highest BCUT2D eigenvalue weighted by Gasteiger charge is 2.19. The lowest BCUT2D eigenvalue weighted by Crippen LogP contribution is -2.30. The largest absolute Gasteiger partial charge is 0.462 e. The van der Waals surface area contributed by atoms with Gasteiger partial charge in [0.1, 0.15) is 13.2 Å². The van der Waals surface area contributed by atoms with Crippen molar-refractivity contribution < 1.29 is 28.6 Å². The van der Waals surface area contributed by atoms with Gasteiger partial charge in [-0.2, -0.15) is 0 Å². The van der Waals surface area contributed by atoms with Gasteiger partial charge in [-0.05, 0) is 116 Å². The molecular formula is C74H124O6. The van der Waals surface area contributed by atoms with E-state index in [4.69, 9.17) is 14.2 Å². The second-order valence-corrected chi connectivity index (χ2v) is 22.0. The van der Waals surface area contributed by atoms with E-state index in [2.05, 4.69) is 142 Å². The van der Waals surface area contributed by atoms with Gasteiger partial charge in [-0.25, -0.2) is 0 Å². The molecule has 456 valence electrons. The first kappa shape index (κ1) is 75.8. The first-order valence-corrected chi connectivity index (χ1v) is 33.5. The van der Waals surface area contributed by atoms with Crippen molar-refractivity contribution in [3.8, 4) is 0 Å². The Balaban J connectivity index is 4.06. The molecule has 0 radical (unpaired) electrons. The van der Waals surface area contributed by atoms with E-state index < -0.39 is 6.10 Å². The normalized spacial score (nSPS) is 12.9. The summed E-state index contributed by atoms with van der Waals surface area (Å²) in [4.78, 5) is 38.0. The van der Waals surface area contributed by atoms with Crippen molar-refractivity contribution in [3.05, 3.63) is 122 Å². The Kier molecular flexibility index (Phi) is 63.8. The van der Waals surface area contributed by atoms with Gasteiger partial charge in [0.2, 0.25) is 0 Å². The summed E-state index contributed by atoms with van der Waals surface area (Å²) in [6.07, 6.45) is 93.9. The zero-order valence-corrected chi connectivity index (χ0v) is 52.3. The van der Waals surface area contributed by atoms with E-state index in [1.165, 1.54) is 141 Å². The van der Waals surface area contributed by atoms with Crippen molar-refractivity contribution in [1.82, 2.24) is 0 Å². The Bertz CT molecular complexity index is 1650. The topological polar surface area (TPSA) is 78.9 Å². The summed E-state index contributed by atoms with van der Waals surface area (Å²) < 4.78 is 16.8. The number of carbonyl (C=O) groups is 3. The van der Waals surface area contributed by atoms with Gasteiger partial charge in [-0.3, -0.25) is 14.4 Å². The number of carbonyl (C=O) groups excluding carboxylic acids is 3. The molecule has 0 aromatic rings. The molecule has 0 aliphatic carbocycles. The Labute approximate surface area is 494 Å². The number of rotatable bonds is 60. The molecule has 0 saturated carbocycles. The van der Waals surface area contributed by atoms with E-state index in [1.54, 1.807) is 0 Å². The Hall–Kier alpha value is -4.19. The van der Waals surface area contributed by atoms with Gasteiger partial charge >= 0.3 is 17.9 Å². The summed E-state index contributed by atoms with van der Waals surface area (Å²) in [6.45, 7) is 6.46. The highest BCUT2D eigenvalue weighted by Crippen LogP contribution is 2.16. The first-order chi connectivity index (χ1) is 39.5. The summed E-state index contributed by atoms with van der Waals surface area (Å²) in [7, 11) is 0. The van der Waals surface area contributed by atoms with E-state index in [-0.39, 0.29) is 31.1 Å². The van der Waals surface area contributed by atoms with Crippen LogP contribution in [0.5, 0.6) is 0 Å². The highest BCUT2D eigenvalue weighted by molar-refractivity contribution is 5.71. The molecule has 0 rings (SSSR count). The molecule has 0 bridgehead atoms. The van der Waals surface area contributed by atoms with Crippen molar-refractivity contribution in [2.24, 2.45) is 0 Å². The van der Waals surface area contributed by atoms with Crippen LogP contribution in [-0.2, 0) is 28.6 Å². The lowest BCUT2D eigenvalue weighted by atomic mass is 10.0. The van der Waals surface area contributed by atoms with Crippen LogP contribution in [0.1, 0.15) is 310 Å². The fraction of sp³-hybridized carbons (Fsp3) is 0.689. The number of esters is 3. The summed E-state index contributed by atoms with van der Waals surface area (Å²) in [5.41, 5.74) is 0. The third-order valence-corrected chi connectivity index (χ3v) is 14.2. The number of ether oxygens (including phenoxy) is 3. The maximum atomic E-state index is 12.8. The molecule has 0 aliphatic heterocycles. The molecule has 0 aromatic carbocycles. The van der Waals surface area contributed by atoms with Crippen molar-refractivity contribution in [2.45, 2.75) is 316 Å². The molecule has 80 heavy (non-hydrogen) atoms. The molecule has 1 unspecified atom stereocenters. The van der Waals surface area contributed by atoms with Crippen LogP contribution in [-0.4, -0.2) is 37.2 Å².